The van der Waals surface area contributed by atoms with E-state index in [1.165, 1.54) is 7.11 Å². The van der Waals surface area contributed by atoms with Gasteiger partial charge in [-0.2, -0.15) is 0 Å². The zero-order chi connectivity index (χ0) is 25.7. The molecule has 1 aromatic carbocycles. The highest BCUT2D eigenvalue weighted by atomic mass is 32.2. The van der Waals surface area contributed by atoms with Crippen LogP contribution in [-0.4, -0.2) is 78.3 Å². The van der Waals surface area contributed by atoms with Gasteiger partial charge in [-0.15, -0.1) is 11.8 Å². The smallest absolute Gasteiger partial charge is 0.330 e. The molecule has 0 heterocycles. The minimum atomic E-state index is -1.11. The second kappa shape index (κ2) is 15.0. The number of benzene rings is 1. The van der Waals surface area contributed by atoms with Crippen LogP contribution in [0.15, 0.2) is 30.3 Å². The van der Waals surface area contributed by atoms with E-state index >= 15 is 0 Å². The number of hydrogen-bond donors (Lipinski definition) is 2. The van der Waals surface area contributed by atoms with Crippen LogP contribution in [0.1, 0.15) is 51.4 Å². The number of thioether (sulfide) groups is 1. The predicted octanol–water partition coefficient (Wildman–Crippen LogP) is 2.55. The first-order valence-corrected chi connectivity index (χ1v) is 12.2. The van der Waals surface area contributed by atoms with Crippen LogP contribution in [0.2, 0.25) is 0 Å². The van der Waals surface area contributed by atoms with E-state index in [9.17, 15) is 19.5 Å². The maximum Gasteiger partial charge on any atom is 0.330 e. The number of carbonyl (C=O) groups excluding carboxylic acids is 3. The molecule has 192 valence electrons. The summed E-state index contributed by atoms with van der Waals surface area (Å²) in [5.41, 5.74) is -0.391. The quantitative estimate of drug-likeness (QED) is 0.294. The molecule has 0 spiro atoms. The van der Waals surface area contributed by atoms with Gasteiger partial charge in [0.1, 0.15) is 23.7 Å². The third-order valence-corrected chi connectivity index (χ3v) is 5.78. The highest BCUT2D eigenvalue weighted by molar-refractivity contribution is 8.00. The number of carbonyl (C=O) groups is 3. The van der Waals surface area contributed by atoms with Crippen LogP contribution in [0.25, 0.3) is 0 Å². The summed E-state index contributed by atoms with van der Waals surface area (Å²) in [5, 5.41) is 12.4. The average Bonchev–Trinajstić information content (AvgIpc) is 2.76. The van der Waals surface area contributed by atoms with Gasteiger partial charge >= 0.3 is 11.9 Å². The standard InChI is InChI=1S/C24H37NO8S/c1-7-31-23(29)20(19(26)13-16(2)32-15-30-6)34-14-18(22(28)33-24(3,4)5)25-21(27)17-11-9-8-10-12-17/h8-12,16,18-20,26H,7,13-15H2,1-6H3,(H,25,27)/t16-,18+,19+,20?/m0/s1. The first kappa shape index (κ1) is 29.9. The molecule has 1 aromatic rings. The fourth-order valence-corrected chi connectivity index (χ4v) is 4.01. The summed E-state index contributed by atoms with van der Waals surface area (Å²) >= 11 is 1.02. The van der Waals surface area contributed by atoms with Gasteiger partial charge in [0, 0.05) is 24.8 Å². The molecule has 0 aliphatic carbocycles. The number of amides is 1. The minimum absolute atomic E-state index is 0.0126. The number of hydrogen-bond acceptors (Lipinski definition) is 9. The Balaban J connectivity index is 2.99. The van der Waals surface area contributed by atoms with Gasteiger partial charge < -0.3 is 29.4 Å². The number of rotatable bonds is 14. The van der Waals surface area contributed by atoms with Crippen molar-refractivity contribution in [2.45, 2.75) is 70.1 Å². The van der Waals surface area contributed by atoms with E-state index in [2.05, 4.69) is 5.32 Å². The topological polar surface area (TPSA) is 120 Å². The molecule has 1 amide bonds. The Morgan fingerprint density at radius 2 is 1.76 bits per heavy atom. The van der Waals surface area contributed by atoms with Crippen LogP contribution in [0.4, 0.5) is 0 Å². The number of nitrogens with one attached hydrogen (secondary N) is 1. The normalized spacial score (nSPS) is 15.0. The lowest BCUT2D eigenvalue weighted by atomic mass is 10.1. The molecule has 2 N–H and O–H groups in total. The molecule has 0 saturated heterocycles. The zero-order valence-corrected chi connectivity index (χ0v) is 21.6. The lowest BCUT2D eigenvalue weighted by Gasteiger charge is -2.27. The summed E-state index contributed by atoms with van der Waals surface area (Å²) in [4.78, 5) is 38.1. The Morgan fingerprint density at radius 3 is 2.32 bits per heavy atom. The molecule has 0 saturated carbocycles. The summed E-state index contributed by atoms with van der Waals surface area (Å²) in [5.74, 6) is -1.72. The van der Waals surface area contributed by atoms with E-state index in [4.69, 9.17) is 18.9 Å². The fourth-order valence-electron chi connectivity index (χ4n) is 2.85. The van der Waals surface area contributed by atoms with E-state index < -0.39 is 40.8 Å². The molecule has 0 fully saturated rings. The second-order valence-electron chi connectivity index (χ2n) is 8.62. The molecule has 34 heavy (non-hydrogen) atoms. The van der Waals surface area contributed by atoms with Gasteiger partial charge in [-0.25, -0.2) is 4.79 Å². The van der Waals surface area contributed by atoms with Crippen molar-refractivity contribution in [2.75, 3.05) is 26.3 Å². The SMILES string of the molecule is CCOC(=O)C(SC[C@@H](NC(=O)c1ccccc1)C(=O)OC(C)(C)C)[C@H](O)C[C@H](C)OCOC. The Labute approximate surface area is 205 Å². The molecule has 0 aromatic heterocycles. The third-order valence-electron chi connectivity index (χ3n) is 4.39. The Bertz CT molecular complexity index is 768. The van der Waals surface area contributed by atoms with Crippen LogP contribution in [0, 0.1) is 0 Å². The highest BCUT2D eigenvalue weighted by Crippen LogP contribution is 2.23. The molecule has 0 radical (unpaired) electrons. The number of aliphatic hydroxyl groups excluding tert-OH is 1. The summed E-state index contributed by atoms with van der Waals surface area (Å²) < 4.78 is 20.9. The first-order valence-electron chi connectivity index (χ1n) is 11.1. The van der Waals surface area contributed by atoms with Gasteiger partial charge in [-0.3, -0.25) is 9.59 Å². The maximum absolute atomic E-state index is 12.8. The highest BCUT2D eigenvalue weighted by Gasteiger charge is 2.34. The van der Waals surface area contributed by atoms with Crippen molar-refractivity contribution in [2.24, 2.45) is 0 Å². The van der Waals surface area contributed by atoms with Crippen LogP contribution in [0.5, 0.6) is 0 Å². The summed E-state index contributed by atoms with van der Waals surface area (Å²) in [6.07, 6.45) is -1.35. The molecule has 0 aliphatic rings. The summed E-state index contributed by atoms with van der Waals surface area (Å²) in [6, 6.07) is 7.41. The van der Waals surface area contributed by atoms with E-state index in [0.717, 1.165) is 11.8 Å². The van der Waals surface area contributed by atoms with E-state index in [1.807, 2.05) is 0 Å². The molecule has 1 unspecified atom stereocenters. The van der Waals surface area contributed by atoms with Gasteiger partial charge in [0.15, 0.2) is 0 Å². The number of methoxy groups -OCH3 is 1. The van der Waals surface area contributed by atoms with Crippen molar-refractivity contribution in [1.82, 2.24) is 5.32 Å². The second-order valence-corrected chi connectivity index (χ2v) is 9.79. The molecule has 0 aliphatic heterocycles. The average molecular weight is 500 g/mol. The lowest BCUT2D eigenvalue weighted by Crippen LogP contribution is -2.47. The molecule has 9 nitrogen and oxygen atoms in total. The zero-order valence-electron chi connectivity index (χ0n) is 20.7. The van der Waals surface area contributed by atoms with Crippen LogP contribution < -0.4 is 5.32 Å². The molecule has 10 heteroatoms. The van der Waals surface area contributed by atoms with Crippen molar-refractivity contribution in [3.05, 3.63) is 35.9 Å². The van der Waals surface area contributed by atoms with Crippen molar-refractivity contribution < 1.29 is 38.4 Å². The molecule has 1 rings (SSSR count). The Hall–Kier alpha value is -2.14. The van der Waals surface area contributed by atoms with Crippen molar-refractivity contribution in [3.63, 3.8) is 0 Å². The number of ether oxygens (including phenoxy) is 4. The molecular formula is C24H37NO8S. The van der Waals surface area contributed by atoms with Gasteiger partial charge in [-0.1, -0.05) is 18.2 Å². The molecular weight excluding hydrogens is 462 g/mol. The van der Waals surface area contributed by atoms with Crippen LogP contribution in [0.3, 0.4) is 0 Å². The Morgan fingerprint density at radius 1 is 1.12 bits per heavy atom. The van der Waals surface area contributed by atoms with Crippen LogP contribution >= 0.6 is 11.8 Å². The summed E-state index contributed by atoms with van der Waals surface area (Å²) in [6.45, 7) is 8.77. The van der Waals surface area contributed by atoms with Gasteiger partial charge in [0.25, 0.3) is 5.91 Å². The fraction of sp³-hybridized carbons (Fsp3) is 0.625. The monoisotopic (exact) mass is 499 g/mol. The van der Waals surface area contributed by atoms with Gasteiger partial charge in [-0.05, 0) is 46.8 Å². The lowest BCUT2D eigenvalue weighted by molar-refractivity contribution is -0.156. The largest absolute Gasteiger partial charge is 0.465 e. The Kier molecular flexibility index (Phi) is 13.2. The van der Waals surface area contributed by atoms with E-state index in [-0.39, 0.29) is 31.7 Å². The van der Waals surface area contributed by atoms with Crippen molar-refractivity contribution >= 4 is 29.6 Å². The minimum Gasteiger partial charge on any atom is -0.465 e. The third kappa shape index (κ3) is 11.3. The van der Waals surface area contributed by atoms with Gasteiger partial charge in [0.05, 0.1) is 18.8 Å². The van der Waals surface area contributed by atoms with E-state index in [1.54, 1.807) is 65.0 Å². The number of aliphatic hydroxyl groups is 1. The van der Waals surface area contributed by atoms with E-state index in [0.29, 0.717) is 5.56 Å². The molecule has 4 atom stereocenters. The van der Waals surface area contributed by atoms with Gasteiger partial charge in [0.2, 0.25) is 0 Å². The number of esters is 2. The molecule has 0 bridgehead atoms. The maximum atomic E-state index is 12.8. The van der Waals surface area contributed by atoms with Crippen molar-refractivity contribution in [1.29, 1.82) is 0 Å². The van der Waals surface area contributed by atoms with Crippen molar-refractivity contribution in [3.8, 4) is 0 Å². The summed E-state index contributed by atoms with van der Waals surface area (Å²) in [7, 11) is 1.49. The van der Waals surface area contributed by atoms with Crippen LogP contribution in [-0.2, 0) is 28.5 Å². The predicted molar refractivity (Wildman–Crippen MR) is 129 cm³/mol. The first-order chi connectivity index (χ1) is 16.0.